The van der Waals surface area contributed by atoms with Crippen LogP contribution in [0.4, 0.5) is 9.18 Å². The summed E-state index contributed by atoms with van der Waals surface area (Å²) >= 11 is 0. The van der Waals surface area contributed by atoms with Crippen LogP contribution >= 0.6 is 0 Å². The molecule has 3 amide bonds. The Morgan fingerprint density at radius 3 is 2.52 bits per heavy atom. The molecule has 0 spiro atoms. The Bertz CT molecular complexity index is 854. The number of ether oxygens (including phenoxy) is 1. The zero-order valence-corrected chi connectivity index (χ0v) is 19.2. The van der Waals surface area contributed by atoms with Gasteiger partial charge >= 0.3 is 6.03 Å². The molecule has 180 valence electrons. The number of furan rings is 1. The Hall–Kier alpha value is -2.91. The van der Waals surface area contributed by atoms with E-state index >= 15 is 0 Å². The van der Waals surface area contributed by atoms with Gasteiger partial charge in [-0.05, 0) is 43.2 Å². The van der Waals surface area contributed by atoms with Crippen molar-refractivity contribution in [3.8, 4) is 0 Å². The van der Waals surface area contributed by atoms with Crippen LogP contribution in [-0.4, -0.2) is 79.1 Å². The summed E-state index contributed by atoms with van der Waals surface area (Å²) in [6.07, 6.45) is 2.32. The molecule has 1 aromatic heterocycles. The van der Waals surface area contributed by atoms with E-state index in [1.165, 1.54) is 12.1 Å². The van der Waals surface area contributed by atoms with Crippen molar-refractivity contribution < 1.29 is 23.1 Å². The molecule has 1 aromatic carbocycles. The maximum Gasteiger partial charge on any atom is 0.317 e. The molecular formula is C24H33FN4O4. The first-order chi connectivity index (χ1) is 16.0. The molecule has 0 aliphatic carbocycles. The summed E-state index contributed by atoms with van der Waals surface area (Å²) < 4.78 is 24.1. The van der Waals surface area contributed by atoms with Crippen LogP contribution in [0.15, 0.2) is 47.1 Å². The first kappa shape index (κ1) is 24.7. The lowest BCUT2D eigenvalue weighted by Crippen LogP contribution is -2.47. The largest absolute Gasteiger partial charge is 0.467 e. The predicted molar refractivity (Wildman–Crippen MR) is 122 cm³/mol. The van der Waals surface area contributed by atoms with Crippen molar-refractivity contribution in [3.63, 3.8) is 0 Å². The smallest absolute Gasteiger partial charge is 0.317 e. The quantitative estimate of drug-likeness (QED) is 0.558. The number of hydrogen-bond donors (Lipinski definition) is 1. The molecule has 8 nitrogen and oxygen atoms in total. The van der Waals surface area contributed by atoms with Crippen LogP contribution in [0.2, 0.25) is 0 Å². The Kier molecular flexibility index (Phi) is 9.71. The fourth-order valence-electron chi connectivity index (χ4n) is 3.72. The first-order valence-corrected chi connectivity index (χ1v) is 11.4. The van der Waals surface area contributed by atoms with Crippen molar-refractivity contribution in [1.82, 2.24) is 20.0 Å². The van der Waals surface area contributed by atoms with E-state index in [1.54, 1.807) is 40.3 Å². The number of morpholine rings is 1. The third-order valence-electron chi connectivity index (χ3n) is 5.51. The number of amides is 3. The Balaban J connectivity index is 1.64. The molecule has 0 saturated carbocycles. The Morgan fingerprint density at radius 2 is 1.85 bits per heavy atom. The maximum atomic E-state index is 13.3. The second-order valence-electron chi connectivity index (χ2n) is 8.02. The number of nitrogens with one attached hydrogen (secondary N) is 1. The fourth-order valence-corrected chi connectivity index (χ4v) is 3.72. The van der Waals surface area contributed by atoms with Crippen LogP contribution in [0.1, 0.15) is 24.7 Å². The molecule has 0 unspecified atom stereocenters. The summed E-state index contributed by atoms with van der Waals surface area (Å²) in [5.41, 5.74) is 0.799. The van der Waals surface area contributed by atoms with Crippen LogP contribution in [0, 0.1) is 5.82 Å². The zero-order chi connectivity index (χ0) is 23.5. The predicted octanol–water partition coefficient (Wildman–Crippen LogP) is 2.70. The van der Waals surface area contributed by atoms with Gasteiger partial charge in [-0.25, -0.2) is 9.18 Å². The molecule has 1 aliphatic rings. The molecule has 1 aliphatic heterocycles. The number of benzene rings is 1. The number of carbonyl (C=O) groups excluding carboxylic acids is 2. The highest BCUT2D eigenvalue weighted by Gasteiger charge is 2.22. The summed E-state index contributed by atoms with van der Waals surface area (Å²) in [6, 6.07) is 9.36. The van der Waals surface area contributed by atoms with Crippen molar-refractivity contribution in [2.75, 3.05) is 52.5 Å². The molecular weight excluding hydrogens is 427 g/mol. The van der Waals surface area contributed by atoms with Crippen molar-refractivity contribution in [1.29, 1.82) is 0 Å². The van der Waals surface area contributed by atoms with Crippen LogP contribution in [0.5, 0.6) is 0 Å². The Labute approximate surface area is 194 Å². The van der Waals surface area contributed by atoms with Crippen LogP contribution < -0.4 is 5.32 Å². The lowest BCUT2D eigenvalue weighted by Gasteiger charge is -2.29. The number of urea groups is 1. The summed E-state index contributed by atoms with van der Waals surface area (Å²) in [5.74, 6) is 0.112. The van der Waals surface area contributed by atoms with E-state index < -0.39 is 0 Å². The number of rotatable bonds is 11. The molecule has 1 N–H and O–H groups in total. The molecule has 1 fully saturated rings. The number of halogens is 1. The highest BCUT2D eigenvalue weighted by Crippen LogP contribution is 2.13. The molecule has 2 aromatic rings. The summed E-state index contributed by atoms with van der Waals surface area (Å²) in [4.78, 5) is 31.4. The van der Waals surface area contributed by atoms with Gasteiger partial charge in [0.25, 0.3) is 0 Å². The molecule has 0 bridgehead atoms. The van der Waals surface area contributed by atoms with Crippen molar-refractivity contribution >= 4 is 11.9 Å². The maximum absolute atomic E-state index is 13.3. The third kappa shape index (κ3) is 8.18. The monoisotopic (exact) mass is 460 g/mol. The molecule has 2 heterocycles. The minimum Gasteiger partial charge on any atom is -0.467 e. The van der Waals surface area contributed by atoms with E-state index in [9.17, 15) is 14.0 Å². The molecule has 0 atom stereocenters. The second kappa shape index (κ2) is 13.0. The summed E-state index contributed by atoms with van der Waals surface area (Å²) in [6.45, 7) is 7.38. The van der Waals surface area contributed by atoms with Gasteiger partial charge < -0.3 is 24.3 Å². The highest BCUT2D eigenvalue weighted by molar-refractivity contribution is 5.84. The number of carbonyl (C=O) groups is 2. The van der Waals surface area contributed by atoms with Crippen LogP contribution in [-0.2, 0) is 22.6 Å². The van der Waals surface area contributed by atoms with Gasteiger partial charge in [-0.1, -0.05) is 12.1 Å². The van der Waals surface area contributed by atoms with Gasteiger partial charge in [-0.3, -0.25) is 9.69 Å². The van der Waals surface area contributed by atoms with Crippen LogP contribution in [0.25, 0.3) is 0 Å². The number of hydrogen-bond acceptors (Lipinski definition) is 5. The molecule has 33 heavy (non-hydrogen) atoms. The average Bonchev–Trinajstić information content (AvgIpc) is 3.33. The van der Waals surface area contributed by atoms with Gasteiger partial charge in [0.1, 0.15) is 18.1 Å². The molecule has 9 heteroatoms. The van der Waals surface area contributed by atoms with Crippen LogP contribution in [0.3, 0.4) is 0 Å². The van der Waals surface area contributed by atoms with Gasteiger partial charge in [0.15, 0.2) is 0 Å². The summed E-state index contributed by atoms with van der Waals surface area (Å²) in [7, 11) is 0. The zero-order valence-electron chi connectivity index (χ0n) is 19.2. The average molecular weight is 461 g/mol. The van der Waals surface area contributed by atoms with Gasteiger partial charge in [0.2, 0.25) is 5.91 Å². The SMILES string of the molecule is CCNC(=O)N(CCCN1CCOCC1)CC(=O)N(Cc1ccc(F)cc1)Cc1ccco1. The molecule has 1 saturated heterocycles. The summed E-state index contributed by atoms with van der Waals surface area (Å²) in [5, 5.41) is 2.80. The fraction of sp³-hybridized carbons (Fsp3) is 0.500. The van der Waals surface area contributed by atoms with Gasteiger partial charge in [-0.2, -0.15) is 0 Å². The van der Waals surface area contributed by atoms with E-state index in [1.807, 2.05) is 6.92 Å². The standard InChI is InChI=1S/C24H33FN4O4/c1-2-26-24(31)28(11-4-10-27-12-15-32-16-13-27)19-23(30)29(18-22-5-3-14-33-22)17-20-6-8-21(25)9-7-20/h3,5-9,14H,2,4,10-13,15-19H2,1H3,(H,26,31). The van der Waals surface area contributed by atoms with Crippen molar-refractivity contribution in [3.05, 3.63) is 59.8 Å². The lowest BCUT2D eigenvalue weighted by molar-refractivity contribution is -0.133. The highest BCUT2D eigenvalue weighted by atomic mass is 19.1. The lowest BCUT2D eigenvalue weighted by atomic mass is 10.2. The first-order valence-electron chi connectivity index (χ1n) is 11.4. The van der Waals surface area contributed by atoms with Gasteiger partial charge in [0, 0.05) is 39.3 Å². The van der Waals surface area contributed by atoms with E-state index in [0.29, 0.717) is 18.8 Å². The van der Waals surface area contributed by atoms with Crippen molar-refractivity contribution in [2.45, 2.75) is 26.4 Å². The van der Waals surface area contributed by atoms with Gasteiger partial charge in [-0.15, -0.1) is 0 Å². The van der Waals surface area contributed by atoms with Gasteiger partial charge in [0.05, 0.1) is 26.0 Å². The van der Waals surface area contributed by atoms with E-state index in [4.69, 9.17) is 9.15 Å². The third-order valence-corrected chi connectivity index (χ3v) is 5.51. The number of nitrogens with zero attached hydrogens (tertiary/aromatic N) is 3. The minimum absolute atomic E-state index is 0.0448. The molecule has 0 radical (unpaired) electrons. The Morgan fingerprint density at radius 1 is 1.09 bits per heavy atom. The van der Waals surface area contributed by atoms with E-state index in [-0.39, 0.29) is 37.4 Å². The normalized spacial score (nSPS) is 14.1. The topological polar surface area (TPSA) is 78.3 Å². The van der Waals surface area contributed by atoms with E-state index in [2.05, 4.69) is 10.2 Å². The molecule has 3 rings (SSSR count). The van der Waals surface area contributed by atoms with E-state index in [0.717, 1.165) is 44.8 Å². The second-order valence-corrected chi connectivity index (χ2v) is 8.02. The minimum atomic E-state index is -0.328. The van der Waals surface area contributed by atoms with Crippen molar-refractivity contribution in [2.24, 2.45) is 0 Å².